The van der Waals surface area contributed by atoms with Crippen LogP contribution in [-0.2, 0) is 11.2 Å². The first kappa shape index (κ1) is 15.0. The summed E-state index contributed by atoms with van der Waals surface area (Å²) in [5.41, 5.74) is 7.05. The Kier molecular flexibility index (Phi) is 4.06. The fourth-order valence-electron chi connectivity index (χ4n) is 4.15. The predicted molar refractivity (Wildman–Crippen MR) is 82.6 cm³/mol. The van der Waals surface area contributed by atoms with Gasteiger partial charge in [-0.05, 0) is 56.6 Å². The second kappa shape index (κ2) is 5.69. The van der Waals surface area contributed by atoms with Gasteiger partial charge in [0.15, 0.2) is 0 Å². The van der Waals surface area contributed by atoms with E-state index in [0.717, 1.165) is 25.0 Å². The first-order valence-electron chi connectivity index (χ1n) is 8.17. The maximum atomic E-state index is 13.9. The van der Waals surface area contributed by atoms with Crippen molar-refractivity contribution in [1.82, 2.24) is 0 Å². The monoisotopic (exact) mass is 291 g/mol. The normalized spacial score (nSPS) is 27.7. The number of nitrogens with two attached hydrogens (primary N) is 1. The van der Waals surface area contributed by atoms with Crippen molar-refractivity contribution in [2.45, 2.75) is 63.0 Å². The molecule has 1 aliphatic heterocycles. The van der Waals surface area contributed by atoms with Gasteiger partial charge in [-0.1, -0.05) is 31.0 Å². The lowest BCUT2D eigenvalue weighted by Gasteiger charge is -2.45. The molecule has 1 saturated carbocycles. The van der Waals surface area contributed by atoms with E-state index in [4.69, 9.17) is 10.5 Å². The number of halogens is 1. The van der Waals surface area contributed by atoms with Gasteiger partial charge < -0.3 is 10.5 Å². The van der Waals surface area contributed by atoms with E-state index in [9.17, 15) is 4.39 Å². The molecule has 3 heteroatoms. The van der Waals surface area contributed by atoms with Gasteiger partial charge in [0.2, 0.25) is 0 Å². The van der Waals surface area contributed by atoms with Gasteiger partial charge in [0.05, 0.1) is 5.60 Å². The quantitative estimate of drug-likeness (QED) is 0.918. The van der Waals surface area contributed by atoms with E-state index < -0.39 is 0 Å². The van der Waals surface area contributed by atoms with E-state index in [1.54, 1.807) is 6.07 Å². The van der Waals surface area contributed by atoms with Crippen molar-refractivity contribution in [1.29, 1.82) is 0 Å². The average molecular weight is 291 g/mol. The fourth-order valence-corrected chi connectivity index (χ4v) is 4.15. The van der Waals surface area contributed by atoms with Crippen LogP contribution in [0.2, 0.25) is 0 Å². The summed E-state index contributed by atoms with van der Waals surface area (Å²) in [6, 6.07) is 6.99. The lowest BCUT2D eigenvalue weighted by molar-refractivity contribution is -0.103. The molecule has 21 heavy (non-hydrogen) atoms. The Morgan fingerprint density at radius 3 is 2.76 bits per heavy atom. The van der Waals surface area contributed by atoms with Gasteiger partial charge in [0.1, 0.15) is 5.82 Å². The number of benzene rings is 1. The third-order valence-corrected chi connectivity index (χ3v) is 5.47. The highest BCUT2D eigenvalue weighted by atomic mass is 19.1. The molecule has 1 spiro atoms. The number of hydrogen-bond donors (Lipinski definition) is 1. The topological polar surface area (TPSA) is 35.2 Å². The van der Waals surface area contributed by atoms with Crippen LogP contribution in [0.5, 0.6) is 0 Å². The van der Waals surface area contributed by atoms with Crippen molar-refractivity contribution in [2.75, 3.05) is 6.61 Å². The summed E-state index contributed by atoms with van der Waals surface area (Å²) in [5.74, 6) is 0.265. The molecule has 3 rings (SSSR count). The van der Waals surface area contributed by atoms with Gasteiger partial charge in [-0.3, -0.25) is 0 Å². The summed E-state index contributed by atoms with van der Waals surface area (Å²) in [5, 5.41) is 0. The molecule has 1 aromatic carbocycles. The predicted octanol–water partition coefficient (Wildman–Crippen LogP) is 3.83. The highest BCUT2D eigenvalue weighted by Gasteiger charge is 2.44. The van der Waals surface area contributed by atoms with Crippen molar-refractivity contribution in [3.05, 3.63) is 35.6 Å². The lowest BCUT2D eigenvalue weighted by Crippen LogP contribution is -2.52. The maximum Gasteiger partial charge on any atom is 0.126 e. The summed E-state index contributed by atoms with van der Waals surface area (Å²) < 4.78 is 20.0. The van der Waals surface area contributed by atoms with Crippen molar-refractivity contribution in [3.63, 3.8) is 0 Å². The van der Waals surface area contributed by atoms with Crippen LogP contribution in [0.1, 0.15) is 51.0 Å². The average Bonchev–Trinajstić information content (AvgIpc) is 2.89. The Morgan fingerprint density at radius 2 is 2.05 bits per heavy atom. The maximum absolute atomic E-state index is 13.9. The molecule has 1 aliphatic carbocycles. The highest BCUT2D eigenvalue weighted by molar-refractivity contribution is 5.20. The first-order chi connectivity index (χ1) is 10.0. The standard InChI is InChI=1S/C18H26FNO/c1-17(20,12-14-6-2-3-7-16(14)19)15-8-11-21-18(13-15)9-4-5-10-18/h2-3,6-7,15H,4-5,8-13,20H2,1H3. The minimum absolute atomic E-state index is 0.0682. The van der Waals surface area contributed by atoms with Gasteiger partial charge in [-0.25, -0.2) is 4.39 Å². The molecule has 0 amide bonds. The second-order valence-electron chi connectivity index (χ2n) is 7.20. The smallest absolute Gasteiger partial charge is 0.126 e. The summed E-state index contributed by atoms with van der Waals surface area (Å²) in [4.78, 5) is 0. The molecule has 116 valence electrons. The van der Waals surface area contributed by atoms with Gasteiger partial charge in [0, 0.05) is 12.1 Å². The molecule has 0 aromatic heterocycles. The fraction of sp³-hybridized carbons (Fsp3) is 0.667. The van der Waals surface area contributed by atoms with E-state index >= 15 is 0 Å². The van der Waals surface area contributed by atoms with E-state index in [1.807, 2.05) is 12.1 Å². The molecule has 2 unspecified atom stereocenters. The molecule has 2 aliphatic rings. The van der Waals surface area contributed by atoms with Gasteiger partial charge >= 0.3 is 0 Å². The molecule has 2 N–H and O–H groups in total. The molecular formula is C18H26FNO. The molecular weight excluding hydrogens is 265 g/mol. The minimum Gasteiger partial charge on any atom is -0.375 e. The SMILES string of the molecule is CC(N)(Cc1ccccc1F)C1CCOC2(CCCC2)C1. The zero-order valence-corrected chi connectivity index (χ0v) is 12.9. The van der Waals surface area contributed by atoms with E-state index in [2.05, 4.69) is 6.92 Å². The van der Waals surface area contributed by atoms with Crippen LogP contribution in [0.4, 0.5) is 4.39 Å². The van der Waals surface area contributed by atoms with Crippen LogP contribution >= 0.6 is 0 Å². The van der Waals surface area contributed by atoms with Crippen LogP contribution in [-0.4, -0.2) is 17.7 Å². The Hall–Kier alpha value is -0.930. The van der Waals surface area contributed by atoms with Crippen LogP contribution in [0.15, 0.2) is 24.3 Å². The highest BCUT2D eigenvalue weighted by Crippen LogP contribution is 2.44. The largest absolute Gasteiger partial charge is 0.375 e. The van der Waals surface area contributed by atoms with Gasteiger partial charge in [-0.15, -0.1) is 0 Å². The Labute approximate surface area is 126 Å². The molecule has 2 nitrogen and oxygen atoms in total. The van der Waals surface area contributed by atoms with E-state index in [0.29, 0.717) is 12.3 Å². The van der Waals surface area contributed by atoms with Crippen LogP contribution < -0.4 is 5.73 Å². The summed E-state index contributed by atoms with van der Waals surface area (Å²) >= 11 is 0. The van der Waals surface area contributed by atoms with Crippen molar-refractivity contribution in [3.8, 4) is 0 Å². The lowest BCUT2D eigenvalue weighted by atomic mass is 9.72. The zero-order chi connectivity index (χ0) is 14.9. The Balaban J connectivity index is 1.73. The summed E-state index contributed by atoms with van der Waals surface area (Å²) in [6.45, 7) is 2.88. The van der Waals surface area contributed by atoms with Crippen molar-refractivity contribution >= 4 is 0 Å². The molecule has 1 saturated heterocycles. The second-order valence-corrected chi connectivity index (χ2v) is 7.20. The number of ether oxygens (including phenoxy) is 1. The number of rotatable bonds is 3. The van der Waals surface area contributed by atoms with E-state index in [1.165, 1.54) is 31.7 Å². The molecule has 2 fully saturated rings. The minimum atomic E-state index is -0.373. The summed E-state index contributed by atoms with van der Waals surface area (Å²) in [6.07, 6.45) is 7.49. The Bertz CT molecular complexity index is 494. The zero-order valence-electron chi connectivity index (χ0n) is 12.9. The summed E-state index contributed by atoms with van der Waals surface area (Å²) in [7, 11) is 0. The van der Waals surface area contributed by atoms with Crippen molar-refractivity contribution in [2.24, 2.45) is 11.7 Å². The van der Waals surface area contributed by atoms with Crippen LogP contribution in [0.3, 0.4) is 0 Å². The molecule has 2 atom stereocenters. The molecule has 1 aromatic rings. The van der Waals surface area contributed by atoms with Gasteiger partial charge in [0.25, 0.3) is 0 Å². The van der Waals surface area contributed by atoms with E-state index in [-0.39, 0.29) is 17.0 Å². The van der Waals surface area contributed by atoms with Crippen molar-refractivity contribution < 1.29 is 9.13 Å². The Morgan fingerprint density at radius 1 is 1.33 bits per heavy atom. The third-order valence-electron chi connectivity index (χ3n) is 5.47. The van der Waals surface area contributed by atoms with Crippen LogP contribution in [0, 0.1) is 11.7 Å². The first-order valence-corrected chi connectivity index (χ1v) is 8.17. The van der Waals surface area contributed by atoms with Crippen LogP contribution in [0.25, 0.3) is 0 Å². The molecule has 0 radical (unpaired) electrons. The number of hydrogen-bond acceptors (Lipinski definition) is 2. The third kappa shape index (κ3) is 3.14. The molecule has 1 heterocycles. The molecule has 0 bridgehead atoms. The van der Waals surface area contributed by atoms with Gasteiger partial charge in [-0.2, -0.15) is 0 Å².